The number of hydrogen-bond donors (Lipinski definition) is 2. The van der Waals surface area contributed by atoms with E-state index in [4.69, 9.17) is 32.7 Å². The minimum Gasteiger partial charge on any atom is -0.492 e. The summed E-state index contributed by atoms with van der Waals surface area (Å²) in [7, 11) is 0. The number of amides is 1. The second-order valence-electron chi connectivity index (χ2n) is 6.86. The number of carboxylic acids is 1. The molecule has 6 nitrogen and oxygen atoms in total. The van der Waals surface area contributed by atoms with Crippen molar-refractivity contribution in [3.8, 4) is 11.5 Å². The predicted molar refractivity (Wildman–Crippen MR) is 123 cm³/mol. The van der Waals surface area contributed by atoms with Gasteiger partial charge in [0, 0.05) is 19.0 Å². The highest BCUT2D eigenvalue weighted by Crippen LogP contribution is 2.26. The molecule has 32 heavy (non-hydrogen) atoms. The van der Waals surface area contributed by atoms with E-state index in [0.29, 0.717) is 28.8 Å². The summed E-state index contributed by atoms with van der Waals surface area (Å²) >= 11 is 11.8. The van der Waals surface area contributed by atoms with Gasteiger partial charge in [0.15, 0.2) is 6.61 Å². The van der Waals surface area contributed by atoms with Crippen LogP contribution in [0, 0.1) is 0 Å². The lowest BCUT2D eigenvalue weighted by Gasteiger charge is -2.12. The molecule has 0 aliphatic rings. The number of nitrogens with one attached hydrogen (secondary N) is 1. The normalized spacial score (nSPS) is 10.4. The summed E-state index contributed by atoms with van der Waals surface area (Å²) < 4.78 is 11.2. The molecule has 0 aromatic heterocycles. The van der Waals surface area contributed by atoms with Gasteiger partial charge in [-0.05, 0) is 35.4 Å². The Bertz CT molecular complexity index is 1090. The van der Waals surface area contributed by atoms with Gasteiger partial charge >= 0.3 is 5.97 Å². The number of benzene rings is 3. The molecule has 3 rings (SSSR count). The van der Waals surface area contributed by atoms with Crippen LogP contribution in [0.25, 0.3) is 0 Å². The van der Waals surface area contributed by atoms with Gasteiger partial charge in [-0.3, -0.25) is 4.79 Å². The van der Waals surface area contributed by atoms with Gasteiger partial charge in [0.05, 0.1) is 16.7 Å². The number of halogens is 2. The average molecular weight is 474 g/mol. The molecule has 0 heterocycles. The first kappa shape index (κ1) is 23.4. The maximum absolute atomic E-state index is 12.1. The van der Waals surface area contributed by atoms with Crippen LogP contribution < -0.4 is 14.8 Å². The molecule has 0 unspecified atom stereocenters. The van der Waals surface area contributed by atoms with Crippen LogP contribution >= 0.6 is 23.2 Å². The second kappa shape index (κ2) is 11.4. The predicted octanol–water partition coefficient (Wildman–Crippen LogP) is 5.01. The Morgan fingerprint density at radius 2 is 1.66 bits per heavy atom. The maximum Gasteiger partial charge on any atom is 0.339 e. The number of hydrogen-bond acceptors (Lipinski definition) is 4. The fourth-order valence-electron chi connectivity index (χ4n) is 2.86. The molecular formula is C24H21Cl2NO5. The minimum absolute atomic E-state index is 0.0227. The van der Waals surface area contributed by atoms with E-state index in [1.54, 1.807) is 18.2 Å². The highest BCUT2D eigenvalue weighted by Gasteiger charge is 2.14. The zero-order chi connectivity index (χ0) is 22.9. The summed E-state index contributed by atoms with van der Waals surface area (Å²) in [4.78, 5) is 23.6. The monoisotopic (exact) mass is 473 g/mol. The van der Waals surface area contributed by atoms with E-state index in [-0.39, 0.29) is 30.4 Å². The molecule has 3 aromatic rings. The molecular weight excluding hydrogens is 453 g/mol. The quantitative estimate of drug-likeness (QED) is 0.432. The van der Waals surface area contributed by atoms with Gasteiger partial charge in [-0.15, -0.1) is 0 Å². The Labute approximate surface area is 195 Å². The van der Waals surface area contributed by atoms with Crippen LogP contribution in [0.5, 0.6) is 11.5 Å². The van der Waals surface area contributed by atoms with Crippen molar-refractivity contribution in [2.24, 2.45) is 0 Å². The molecule has 0 atom stereocenters. The number of aromatic carboxylic acids is 1. The molecule has 0 saturated heterocycles. The lowest BCUT2D eigenvalue weighted by Crippen LogP contribution is -2.28. The van der Waals surface area contributed by atoms with Crippen LogP contribution in [-0.2, 0) is 17.8 Å². The summed E-state index contributed by atoms with van der Waals surface area (Å²) in [5.74, 6) is -0.938. The minimum atomic E-state index is -1.11. The van der Waals surface area contributed by atoms with Crippen LogP contribution in [0.4, 0.5) is 0 Å². The molecule has 0 aliphatic heterocycles. The Morgan fingerprint density at radius 1 is 0.875 bits per heavy atom. The van der Waals surface area contributed by atoms with Crippen molar-refractivity contribution in [2.75, 3.05) is 13.2 Å². The summed E-state index contributed by atoms with van der Waals surface area (Å²) in [6.45, 7) is 0.333. The lowest BCUT2D eigenvalue weighted by atomic mass is 10.1. The largest absolute Gasteiger partial charge is 0.492 e. The van der Waals surface area contributed by atoms with E-state index >= 15 is 0 Å². The molecule has 2 N–H and O–H groups in total. The number of carboxylic acid groups (broad SMARTS) is 1. The molecule has 0 spiro atoms. The summed E-state index contributed by atoms with van der Waals surface area (Å²) in [6, 6.07) is 19.2. The van der Waals surface area contributed by atoms with Crippen LogP contribution in [0.2, 0.25) is 10.0 Å². The van der Waals surface area contributed by atoms with Gasteiger partial charge in [-0.1, -0.05) is 59.6 Å². The van der Waals surface area contributed by atoms with Crippen LogP contribution in [0.3, 0.4) is 0 Å². The van der Waals surface area contributed by atoms with Crippen molar-refractivity contribution in [3.05, 3.63) is 93.5 Å². The fourth-order valence-corrected chi connectivity index (χ4v) is 3.18. The van der Waals surface area contributed by atoms with E-state index < -0.39 is 5.97 Å². The van der Waals surface area contributed by atoms with Gasteiger partial charge in [0.2, 0.25) is 0 Å². The first-order chi connectivity index (χ1) is 15.4. The molecule has 166 valence electrons. The molecule has 8 heteroatoms. The van der Waals surface area contributed by atoms with Gasteiger partial charge < -0.3 is 19.9 Å². The van der Waals surface area contributed by atoms with Gasteiger partial charge in [-0.25, -0.2) is 4.79 Å². The van der Waals surface area contributed by atoms with Gasteiger partial charge in [-0.2, -0.15) is 0 Å². The Hall–Kier alpha value is -3.22. The Kier molecular flexibility index (Phi) is 8.36. The molecule has 0 radical (unpaired) electrons. The van der Waals surface area contributed by atoms with Crippen molar-refractivity contribution < 1.29 is 24.2 Å². The van der Waals surface area contributed by atoms with Gasteiger partial charge in [0.25, 0.3) is 5.91 Å². The molecule has 3 aromatic carbocycles. The fraction of sp³-hybridized carbons (Fsp3) is 0.167. The Balaban J connectivity index is 1.54. The molecule has 0 aliphatic carbocycles. The van der Waals surface area contributed by atoms with Crippen LogP contribution in [-0.4, -0.2) is 30.2 Å². The smallest absolute Gasteiger partial charge is 0.339 e. The van der Waals surface area contributed by atoms with E-state index in [2.05, 4.69) is 5.32 Å². The molecule has 0 bridgehead atoms. The van der Waals surface area contributed by atoms with Crippen molar-refractivity contribution in [2.45, 2.75) is 13.0 Å². The average Bonchev–Trinajstić information content (AvgIpc) is 2.79. The highest BCUT2D eigenvalue weighted by atomic mass is 35.5. The van der Waals surface area contributed by atoms with Crippen molar-refractivity contribution >= 4 is 35.1 Å². The molecule has 0 fully saturated rings. The van der Waals surface area contributed by atoms with E-state index in [0.717, 1.165) is 11.1 Å². The topological polar surface area (TPSA) is 84.9 Å². The third-order valence-electron chi connectivity index (χ3n) is 4.52. The summed E-state index contributed by atoms with van der Waals surface area (Å²) in [6.07, 6.45) is 0.627. The number of ether oxygens (including phenoxy) is 2. The van der Waals surface area contributed by atoms with Crippen LogP contribution in [0.15, 0.2) is 66.7 Å². The SMILES string of the molecule is O=C(COc1ccc(C(=O)O)c(OCCc2ccccc2)c1)NCc1ccc(Cl)c(Cl)c1. The van der Waals surface area contributed by atoms with E-state index in [9.17, 15) is 14.7 Å². The zero-order valence-corrected chi connectivity index (χ0v) is 18.5. The standard InChI is InChI=1S/C24H21Cl2NO5/c25-20-9-6-17(12-21(20)26)14-27-23(28)15-32-18-7-8-19(24(29)30)22(13-18)31-11-10-16-4-2-1-3-5-16/h1-9,12-13H,10-11,14-15H2,(H,27,28)(H,29,30). The maximum atomic E-state index is 12.1. The zero-order valence-electron chi connectivity index (χ0n) is 17.0. The highest BCUT2D eigenvalue weighted by molar-refractivity contribution is 6.42. The second-order valence-corrected chi connectivity index (χ2v) is 7.68. The lowest BCUT2D eigenvalue weighted by molar-refractivity contribution is -0.123. The van der Waals surface area contributed by atoms with E-state index in [1.807, 2.05) is 30.3 Å². The third kappa shape index (κ3) is 6.90. The van der Waals surface area contributed by atoms with Crippen molar-refractivity contribution in [3.63, 3.8) is 0 Å². The van der Waals surface area contributed by atoms with E-state index in [1.165, 1.54) is 18.2 Å². The summed E-state index contributed by atoms with van der Waals surface area (Å²) in [5.41, 5.74) is 1.90. The van der Waals surface area contributed by atoms with Crippen molar-refractivity contribution in [1.29, 1.82) is 0 Å². The molecule has 0 saturated carbocycles. The number of carbonyl (C=O) groups excluding carboxylic acids is 1. The number of carbonyl (C=O) groups is 2. The van der Waals surface area contributed by atoms with Gasteiger partial charge in [0.1, 0.15) is 17.1 Å². The molecule has 1 amide bonds. The van der Waals surface area contributed by atoms with Crippen molar-refractivity contribution in [1.82, 2.24) is 5.32 Å². The summed E-state index contributed by atoms with van der Waals surface area (Å²) in [5, 5.41) is 13.0. The first-order valence-corrected chi connectivity index (χ1v) is 10.6. The van der Waals surface area contributed by atoms with Crippen LogP contribution in [0.1, 0.15) is 21.5 Å². The third-order valence-corrected chi connectivity index (χ3v) is 5.26. The first-order valence-electron chi connectivity index (χ1n) is 9.80. The number of rotatable bonds is 10. The Morgan fingerprint density at radius 3 is 2.38 bits per heavy atom.